The van der Waals surface area contributed by atoms with Gasteiger partial charge in [0.25, 0.3) is 5.91 Å². The first kappa shape index (κ1) is 13.6. The van der Waals surface area contributed by atoms with Crippen molar-refractivity contribution in [3.63, 3.8) is 0 Å². The van der Waals surface area contributed by atoms with Crippen LogP contribution < -0.4 is 10.6 Å². The van der Waals surface area contributed by atoms with Gasteiger partial charge in [-0.2, -0.15) is 0 Å². The Morgan fingerprint density at radius 1 is 1.40 bits per heavy atom. The van der Waals surface area contributed by atoms with Gasteiger partial charge in [0.15, 0.2) is 5.84 Å². The van der Waals surface area contributed by atoms with Crippen LogP contribution in [0.5, 0.6) is 0 Å². The lowest BCUT2D eigenvalue weighted by Crippen LogP contribution is -2.26. The van der Waals surface area contributed by atoms with Crippen LogP contribution in [0.3, 0.4) is 0 Å². The summed E-state index contributed by atoms with van der Waals surface area (Å²) >= 11 is 0. The molecule has 1 aromatic carbocycles. The highest BCUT2D eigenvalue weighted by Gasteiger charge is 2.18. The van der Waals surface area contributed by atoms with Crippen LogP contribution in [0.4, 0.5) is 5.69 Å². The second-order valence-corrected chi connectivity index (χ2v) is 4.23. The maximum atomic E-state index is 12.1. The number of aryl methyl sites for hydroxylation is 1. The molecule has 2 aromatic rings. The van der Waals surface area contributed by atoms with E-state index in [1.54, 1.807) is 44.3 Å². The normalized spacial score (nSPS) is 11.4. The monoisotopic (exact) mass is 274 g/mol. The number of carbonyl (C=O) groups excluding carboxylic acids is 1. The number of nitrogens with two attached hydrogens (primary N) is 1. The molecule has 1 heterocycles. The first-order valence-electron chi connectivity index (χ1n) is 5.82. The highest BCUT2D eigenvalue weighted by Crippen LogP contribution is 2.17. The smallest absolute Gasteiger partial charge is 0.296 e. The summed E-state index contributed by atoms with van der Waals surface area (Å²) in [6.07, 6.45) is 0. The Morgan fingerprint density at radius 3 is 2.55 bits per heavy atom. The van der Waals surface area contributed by atoms with Gasteiger partial charge in [-0.3, -0.25) is 4.79 Å². The first-order valence-corrected chi connectivity index (χ1v) is 5.82. The second kappa shape index (κ2) is 5.43. The molecule has 20 heavy (non-hydrogen) atoms. The van der Waals surface area contributed by atoms with E-state index in [0.29, 0.717) is 16.9 Å². The van der Waals surface area contributed by atoms with Gasteiger partial charge in [0, 0.05) is 24.4 Å². The highest BCUT2D eigenvalue weighted by molar-refractivity contribution is 6.04. The predicted octanol–water partition coefficient (Wildman–Crippen LogP) is 1.35. The van der Waals surface area contributed by atoms with E-state index in [2.05, 4.69) is 10.3 Å². The molecule has 104 valence electrons. The standard InChI is InChI=1S/C13H14N4O3/c1-8-7-11(20-16-8)13(18)17(2)10-5-3-9(4-6-10)12(14)15-19/h3-7,19H,1-2H3,(H2,14,15). The summed E-state index contributed by atoms with van der Waals surface area (Å²) in [6, 6.07) is 8.26. The van der Waals surface area contributed by atoms with Gasteiger partial charge in [0.05, 0.1) is 5.69 Å². The van der Waals surface area contributed by atoms with Crippen molar-refractivity contribution in [2.75, 3.05) is 11.9 Å². The fourth-order valence-electron chi connectivity index (χ4n) is 1.66. The van der Waals surface area contributed by atoms with Crippen molar-refractivity contribution in [2.45, 2.75) is 6.92 Å². The van der Waals surface area contributed by atoms with Crippen LogP contribution in [0.1, 0.15) is 21.8 Å². The number of benzene rings is 1. The summed E-state index contributed by atoms with van der Waals surface area (Å²) in [6.45, 7) is 1.74. The van der Waals surface area contributed by atoms with Crippen LogP contribution in [-0.4, -0.2) is 29.2 Å². The van der Waals surface area contributed by atoms with Gasteiger partial charge in [0.2, 0.25) is 5.76 Å². The van der Waals surface area contributed by atoms with Gasteiger partial charge in [0.1, 0.15) is 0 Å². The van der Waals surface area contributed by atoms with Crippen LogP contribution in [0.15, 0.2) is 40.0 Å². The van der Waals surface area contributed by atoms with E-state index in [0.717, 1.165) is 0 Å². The Morgan fingerprint density at radius 2 is 2.05 bits per heavy atom. The number of hydrogen-bond donors (Lipinski definition) is 2. The van der Waals surface area contributed by atoms with Crippen molar-refractivity contribution in [2.24, 2.45) is 10.9 Å². The molecule has 0 aliphatic rings. The number of amidine groups is 1. The van der Waals surface area contributed by atoms with Crippen molar-refractivity contribution in [3.05, 3.63) is 47.3 Å². The maximum absolute atomic E-state index is 12.1. The minimum atomic E-state index is -0.304. The van der Waals surface area contributed by atoms with Crippen LogP contribution in [-0.2, 0) is 0 Å². The van der Waals surface area contributed by atoms with Crippen LogP contribution in [0, 0.1) is 6.92 Å². The average molecular weight is 274 g/mol. The number of anilines is 1. The van der Waals surface area contributed by atoms with Crippen LogP contribution >= 0.6 is 0 Å². The number of hydrogen-bond acceptors (Lipinski definition) is 5. The molecule has 1 amide bonds. The largest absolute Gasteiger partial charge is 0.409 e. The Kier molecular flexibility index (Phi) is 3.69. The Bertz CT molecular complexity index is 646. The maximum Gasteiger partial charge on any atom is 0.296 e. The molecule has 7 nitrogen and oxygen atoms in total. The van der Waals surface area contributed by atoms with Crippen LogP contribution in [0.25, 0.3) is 0 Å². The fraction of sp³-hybridized carbons (Fsp3) is 0.154. The van der Waals surface area contributed by atoms with E-state index in [4.69, 9.17) is 15.5 Å². The third-order valence-corrected chi connectivity index (χ3v) is 2.80. The molecular formula is C13H14N4O3. The molecule has 2 rings (SSSR count). The molecule has 1 aromatic heterocycles. The lowest BCUT2D eigenvalue weighted by Gasteiger charge is -2.15. The predicted molar refractivity (Wildman–Crippen MR) is 72.9 cm³/mol. The Labute approximate surface area is 115 Å². The van der Waals surface area contributed by atoms with Crippen molar-refractivity contribution in [3.8, 4) is 0 Å². The molecule has 0 bridgehead atoms. The summed E-state index contributed by atoms with van der Waals surface area (Å²) < 4.78 is 4.93. The summed E-state index contributed by atoms with van der Waals surface area (Å²) in [5.74, 6) is -0.121. The SMILES string of the molecule is Cc1cc(C(=O)N(C)c2ccc(C(N)=NO)cc2)on1. The summed E-state index contributed by atoms with van der Waals surface area (Å²) in [4.78, 5) is 13.6. The van der Waals surface area contributed by atoms with Crippen molar-refractivity contribution < 1.29 is 14.5 Å². The van der Waals surface area contributed by atoms with E-state index in [-0.39, 0.29) is 17.5 Å². The zero-order valence-electron chi connectivity index (χ0n) is 11.1. The van der Waals surface area contributed by atoms with Crippen molar-refractivity contribution in [1.29, 1.82) is 0 Å². The number of aromatic nitrogens is 1. The number of rotatable bonds is 3. The summed E-state index contributed by atoms with van der Waals surface area (Å²) in [5.41, 5.74) is 7.33. The zero-order valence-corrected chi connectivity index (χ0v) is 11.1. The molecule has 0 radical (unpaired) electrons. The third-order valence-electron chi connectivity index (χ3n) is 2.80. The molecule has 0 saturated heterocycles. The second-order valence-electron chi connectivity index (χ2n) is 4.23. The fourth-order valence-corrected chi connectivity index (χ4v) is 1.66. The van der Waals surface area contributed by atoms with Crippen molar-refractivity contribution in [1.82, 2.24) is 5.16 Å². The average Bonchev–Trinajstić information content (AvgIpc) is 2.91. The Hall–Kier alpha value is -2.83. The Balaban J connectivity index is 2.21. The van der Waals surface area contributed by atoms with Crippen molar-refractivity contribution >= 4 is 17.4 Å². The summed E-state index contributed by atoms with van der Waals surface area (Å²) in [5, 5.41) is 15.2. The van der Waals surface area contributed by atoms with Gasteiger partial charge in [-0.25, -0.2) is 0 Å². The highest BCUT2D eigenvalue weighted by atomic mass is 16.5. The van der Waals surface area contributed by atoms with E-state index >= 15 is 0 Å². The van der Waals surface area contributed by atoms with E-state index in [1.165, 1.54) is 4.90 Å². The molecule has 0 aliphatic heterocycles. The zero-order chi connectivity index (χ0) is 14.7. The minimum Gasteiger partial charge on any atom is -0.409 e. The van der Waals surface area contributed by atoms with Gasteiger partial charge >= 0.3 is 0 Å². The number of oxime groups is 1. The molecule has 0 unspecified atom stereocenters. The van der Waals surface area contributed by atoms with Gasteiger partial charge in [-0.15, -0.1) is 0 Å². The lowest BCUT2D eigenvalue weighted by atomic mass is 10.2. The topological polar surface area (TPSA) is 105 Å². The first-order chi connectivity index (χ1) is 9.52. The van der Waals surface area contributed by atoms with E-state index < -0.39 is 0 Å². The lowest BCUT2D eigenvalue weighted by molar-refractivity contribution is 0.0957. The van der Waals surface area contributed by atoms with Crippen LogP contribution in [0.2, 0.25) is 0 Å². The number of carbonyl (C=O) groups is 1. The van der Waals surface area contributed by atoms with Gasteiger partial charge < -0.3 is 20.4 Å². The molecule has 0 spiro atoms. The molecule has 0 atom stereocenters. The molecule has 3 N–H and O–H groups in total. The molecule has 7 heteroatoms. The number of nitrogens with zero attached hydrogens (tertiary/aromatic N) is 3. The van der Waals surface area contributed by atoms with Gasteiger partial charge in [-0.05, 0) is 31.2 Å². The van der Waals surface area contributed by atoms with Gasteiger partial charge in [-0.1, -0.05) is 10.3 Å². The minimum absolute atomic E-state index is 0.0105. The quantitative estimate of drug-likeness (QED) is 0.380. The van der Waals surface area contributed by atoms with E-state index in [1.807, 2.05) is 0 Å². The third kappa shape index (κ3) is 2.61. The molecule has 0 fully saturated rings. The summed E-state index contributed by atoms with van der Waals surface area (Å²) in [7, 11) is 1.62. The molecular weight excluding hydrogens is 260 g/mol. The van der Waals surface area contributed by atoms with E-state index in [9.17, 15) is 4.79 Å². The number of amides is 1. The molecule has 0 aliphatic carbocycles. The molecule has 0 saturated carbocycles.